The van der Waals surface area contributed by atoms with Crippen LogP contribution in [0.2, 0.25) is 0 Å². The molecule has 6 heteroatoms. The van der Waals surface area contributed by atoms with Gasteiger partial charge in [0.2, 0.25) is 5.89 Å². The predicted octanol–water partition coefficient (Wildman–Crippen LogP) is 3.73. The van der Waals surface area contributed by atoms with Gasteiger partial charge in [0.25, 0.3) is 0 Å². The molecule has 3 aromatic rings. The van der Waals surface area contributed by atoms with Crippen LogP contribution in [-0.2, 0) is 11.2 Å². The van der Waals surface area contributed by atoms with E-state index in [4.69, 9.17) is 9.41 Å². The zero-order valence-corrected chi connectivity index (χ0v) is 14.2. The van der Waals surface area contributed by atoms with Crippen molar-refractivity contribution in [2.24, 2.45) is 4.99 Å². The predicted molar refractivity (Wildman–Crippen MR) is 97.0 cm³/mol. The quantitative estimate of drug-likeness (QED) is 0.783. The summed E-state index contributed by atoms with van der Waals surface area (Å²) in [5.41, 5.74) is 5.59. The molecule has 0 saturated carbocycles. The first-order chi connectivity index (χ1) is 12.8. The Balaban J connectivity index is 1.51. The molecule has 3 heterocycles. The lowest BCUT2D eigenvalue weighted by atomic mass is 9.81. The highest BCUT2D eigenvalue weighted by atomic mass is 16.3. The molecule has 26 heavy (non-hydrogen) atoms. The van der Waals surface area contributed by atoms with Crippen LogP contribution < -0.4 is 0 Å². The van der Waals surface area contributed by atoms with Gasteiger partial charge < -0.3 is 4.42 Å². The first-order valence-corrected chi connectivity index (χ1v) is 8.92. The van der Waals surface area contributed by atoms with Crippen molar-refractivity contribution in [1.29, 1.82) is 0 Å². The molecule has 1 N–H and O–H groups in total. The van der Waals surface area contributed by atoms with Gasteiger partial charge in [-0.3, -0.25) is 14.9 Å². The summed E-state index contributed by atoms with van der Waals surface area (Å²) in [5, 5.41) is 7.02. The van der Waals surface area contributed by atoms with E-state index in [0.717, 1.165) is 47.3 Å². The summed E-state index contributed by atoms with van der Waals surface area (Å²) in [7, 11) is 0. The summed E-state index contributed by atoms with van der Waals surface area (Å²) in [4.78, 5) is 22.0. The van der Waals surface area contributed by atoms with Gasteiger partial charge >= 0.3 is 0 Å². The van der Waals surface area contributed by atoms with Crippen LogP contribution in [0, 0.1) is 0 Å². The van der Waals surface area contributed by atoms with Crippen LogP contribution in [0.5, 0.6) is 0 Å². The van der Waals surface area contributed by atoms with E-state index in [2.05, 4.69) is 15.2 Å². The highest BCUT2D eigenvalue weighted by Crippen LogP contribution is 2.39. The van der Waals surface area contributed by atoms with Gasteiger partial charge in [0, 0.05) is 30.3 Å². The number of nitrogens with one attached hydrogen (secondary N) is 1. The number of oxazole rings is 1. The molecular formula is C20H18N4O2. The van der Waals surface area contributed by atoms with Gasteiger partial charge in [-0.05, 0) is 31.0 Å². The van der Waals surface area contributed by atoms with Gasteiger partial charge in [-0.1, -0.05) is 17.7 Å². The molecule has 1 aromatic carbocycles. The van der Waals surface area contributed by atoms with Gasteiger partial charge in [-0.2, -0.15) is 5.10 Å². The number of para-hydroxylation sites is 2. The minimum Gasteiger partial charge on any atom is -0.440 e. The van der Waals surface area contributed by atoms with E-state index in [1.54, 1.807) is 6.20 Å². The van der Waals surface area contributed by atoms with E-state index in [-0.39, 0.29) is 11.8 Å². The van der Waals surface area contributed by atoms with Crippen molar-refractivity contribution in [2.75, 3.05) is 0 Å². The first kappa shape index (κ1) is 15.3. The number of Topliss-reactive ketones (excluding diaryl/α,β-unsaturated/α-hetero) is 1. The van der Waals surface area contributed by atoms with Crippen LogP contribution in [-0.4, -0.2) is 26.7 Å². The second kappa shape index (κ2) is 6.05. The van der Waals surface area contributed by atoms with Crippen molar-refractivity contribution in [2.45, 2.75) is 38.1 Å². The van der Waals surface area contributed by atoms with Gasteiger partial charge in [0.1, 0.15) is 11.6 Å². The van der Waals surface area contributed by atoms with Crippen LogP contribution >= 0.6 is 0 Å². The van der Waals surface area contributed by atoms with Gasteiger partial charge in [0.15, 0.2) is 11.4 Å². The lowest BCUT2D eigenvalue weighted by Gasteiger charge is -2.28. The third-order valence-corrected chi connectivity index (χ3v) is 5.08. The Morgan fingerprint density at radius 2 is 2.12 bits per heavy atom. The highest BCUT2D eigenvalue weighted by molar-refractivity contribution is 6.02. The van der Waals surface area contributed by atoms with Crippen LogP contribution in [0.1, 0.15) is 43.3 Å². The summed E-state index contributed by atoms with van der Waals surface area (Å²) in [6.45, 7) is 0. The fourth-order valence-electron chi connectivity index (χ4n) is 3.92. The standard InChI is InChI=1S/C20H18N4O2/c25-16-6-3-4-12-10-13(22-20(19(12)16)15-8-9-21-24-15)11-18-23-14-5-1-2-7-17(14)26-18/h1-2,5,7-9,20H,3-4,6,10-11H2,(H,21,24). The minimum atomic E-state index is -0.284. The Morgan fingerprint density at radius 3 is 2.96 bits per heavy atom. The molecule has 1 aliphatic heterocycles. The van der Waals surface area contributed by atoms with E-state index in [1.807, 2.05) is 30.3 Å². The number of H-pyrrole nitrogens is 1. The number of carbonyl (C=O) groups excluding carboxylic acids is 1. The lowest BCUT2D eigenvalue weighted by molar-refractivity contribution is -0.116. The molecule has 0 saturated heterocycles. The van der Waals surface area contributed by atoms with E-state index in [0.29, 0.717) is 18.7 Å². The van der Waals surface area contributed by atoms with E-state index >= 15 is 0 Å². The second-order valence-electron chi connectivity index (χ2n) is 6.83. The second-order valence-corrected chi connectivity index (χ2v) is 6.83. The number of aromatic nitrogens is 3. The van der Waals surface area contributed by atoms with Gasteiger partial charge in [-0.25, -0.2) is 4.98 Å². The summed E-state index contributed by atoms with van der Waals surface area (Å²) in [5.74, 6) is 0.884. The topological polar surface area (TPSA) is 84.1 Å². The number of carbonyl (C=O) groups is 1. The number of aliphatic imine (C=N–C) groups is 1. The third-order valence-electron chi connectivity index (χ3n) is 5.08. The van der Waals surface area contributed by atoms with E-state index in [1.165, 1.54) is 5.57 Å². The molecule has 130 valence electrons. The number of ketones is 1. The van der Waals surface area contributed by atoms with Gasteiger partial charge in [-0.15, -0.1) is 0 Å². The van der Waals surface area contributed by atoms with Crippen molar-refractivity contribution < 1.29 is 9.21 Å². The van der Waals surface area contributed by atoms with Crippen molar-refractivity contribution >= 4 is 22.6 Å². The number of dihydropyridines is 1. The molecule has 1 atom stereocenters. The Morgan fingerprint density at radius 1 is 1.19 bits per heavy atom. The molecule has 2 aliphatic rings. The van der Waals surface area contributed by atoms with Crippen molar-refractivity contribution in [1.82, 2.24) is 15.2 Å². The smallest absolute Gasteiger partial charge is 0.201 e. The Hall–Kier alpha value is -3.02. The molecule has 1 aliphatic carbocycles. The summed E-state index contributed by atoms with van der Waals surface area (Å²) in [6, 6.07) is 9.36. The monoisotopic (exact) mass is 346 g/mol. The molecule has 0 spiro atoms. The molecular weight excluding hydrogens is 328 g/mol. The average molecular weight is 346 g/mol. The van der Waals surface area contributed by atoms with Crippen LogP contribution in [0.25, 0.3) is 11.1 Å². The lowest BCUT2D eigenvalue weighted by Crippen LogP contribution is -2.24. The minimum absolute atomic E-state index is 0.218. The Labute approximate surface area is 150 Å². The highest BCUT2D eigenvalue weighted by Gasteiger charge is 2.33. The molecule has 0 amide bonds. The number of aromatic amines is 1. The number of hydrogen-bond acceptors (Lipinski definition) is 5. The van der Waals surface area contributed by atoms with Crippen molar-refractivity contribution in [3.8, 4) is 0 Å². The summed E-state index contributed by atoms with van der Waals surface area (Å²) < 4.78 is 5.86. The normalized spacial score (nSPS) is 20.4. The molecule has 0 bridgehead atoms. The van der Waals surface area contributed by atoms with Gasteiger partial charge in [0.05, 0.1) is 12.1 Å². The number of allylic oxidation sites excluding steroid dienone is 1. The number of nitrogens with zero attached hydrogens (tertiary/aromatic N) is 3. The number of fused-ring (bicyclic) bond motifs is 1. The van der Waals surface area contributed by atoms with Crippen LogP contribution in [0.15, 0.2) is 57.1 Å². The van der Waals surface area contributed by atoms with E-state index < -0.39 is 0 Å². The largest absolute Gasteiger partial charge is 0.440 e. The number of benzene rings is 1. The van der Waals surface area contributed by atoms with Crippen LogP contribution in [0.4, 0.5) is 0 Å². The number of rotatable bonds is 3. The molecule has 5 rings (SSSR count). The van der Waals surface area contributed by atoms with Crippen molar-refractivity contribution in [3.05, 3.63) is 59.3 Å². The molecule has 1 unspecified atom stereocenters. The maximum Gasteiger partial charge on any atom is 0.201 e. The molecule has 0 radical (unpaired) electrons. The maximum absolute atomic E-state index is 12.5. The third kappa shape index (κ3) is 2.58. The zero-order valence-electron chi connectivity index (χ0n) is 14.2. The van der Waals surface area contributed by atoms with Crippen molar-refractivity contribution in [3.63, 3.8) is 0 Å². The Kier molecular flexibility index (Phi) is 3.55. The van der Waals surface area contributed by atoms with E-state index in [9.17, 15) is 4.79 Å². The SMILES string of the molecule is O=C1CCCC2=C1C(c1ccn[nH]1)N=C(Cc1nc3ccccc3o1)C2. The number of hydrogen-bond donors (Lipinski definition) is 1. The first-order valence-electron chi connectivity index (χ1n) is 8.92. The fraction of sp³-hybridized carbons (Fsp3) is 0.300. The molecule has 2 aromatic heterocycles. The Bertz CT molecular complexity index is 1010. The average Bonchev–Trinajstić information content (AvgIpc) is 3.30. The summed E-state index contributed by atoms with van der Waals surface area (Å²) in [6.07, 6.45) is 5.48. The molecule has 0 fully saturated rings. The summed E-state index contributed by atoms with van der Waals surface area (Å²) >= 11 is 0. The zero-order chi connectivity index (χ0) is 17.5. The molecule has 6 nitrogen and oxygen atoms in total. The fourth-order valence-corrected chi connectivity index (χ4v) is 3.92. The van der Waals surface area contributed by atoms with Crippen LogP contribution in [0.3, 0.4) is 0 Å². The maximum atomic E-state index is 12.5.